The highest BCUT2D eigenvalue weighted by Gasteiger charge is 2.43. The Kier molecular flexibility index (Phi) is 4.45. The first-order valence-corrected chi connectivity index (χ1v) is 12.1. The van der Waals surface area contributed by atoms with Crippen molar-refractivity contribution in [2.45, 2.75) is 76.5 Å². The normalized spacial score (nSPS) is 21.6. The molecule has 1 spiro atoms. The summed E-state index contributed by atoms with van der Waals surface area (Å²) in [5.74, 6) is 1.56. The van der Waals surface area contributed by atoms with Crippen molar-refractivity contribution < 1.29 is 0 Å². The van der Waals surface area contributed by atoms with E-state index < -0.39 is 0 Å². The zero-order chi connectivity index (χ0) is 21.0. The highest BCUT2D eigenvalue weighted by atomic mass is 14.9. The van der Waals surface area contributed by atoms with Crippen molar-refractivity contribution in [3.05, 3.63) is 76.8 Å². The topological polar surface area (TPSA) is 28.7 Å². The number of rotatable bonds is 3. The molecule has 3 aromatic rings. The molecule has 0 radical (unpaired) electrons. The second kappa shape index (κ2) is 7.22. The van der Waals surface area contributed by atoms with Crippen LogP contribution in [0.15, 0.2) is 54.2 Å². The lowest BCUT2D eigenvalue weighted by Crippen LogP contribution is -2.19. The Hall–Kier alpha value is -2.61. The summed E-state index contributed by atoms with van der Waals surface area (Å²) in [5, 5.41) is 0. The quantitative estimate of drug-likeness (QED) is 0.443. The van der Waals surface area contributed by atoms with Gasteiger partial charge in [0.05, 0.1) is 11.9 Å². The number of hydrogen-bond donors (Lipinski definition) is 1. The van der Waals surface area contributed by atoms with Crippen molar-refractivity contribution in [3.63, 3.8) is 0 Å². The Labute approximate surface area is 185 Å². The summed E-state index contributed by atoms with van der Waals surface area (Å²) < 4.78 is 0. The molecular weight excluding hydrogens is 376 g/mol. The fraction of sp³-hybridized carbons (Fsp3) is 0.414. The third-order valence-electron chi connectivity index (χ3n) is 8.28. The fourth-order valence-corrected chi connectivity index (χ4v) is 6.57. The minimum absolute atomic E-state index is 0.445. The van der Waals surface area contributed by atoms with Crippen LogP contribution >= 0.6 is 0 Å². The smallest absolute Gasteiger partial charge is 0.113 e. The van der Waals surface area contributed by atoms with Gasteiger partial charge >= 0.3 is 0 Å². The van der Waals surface area contributed by atoms with E-state index in [0.717, 1.165) is 11.5 Å². The fourth-order valence-electron chi connectivity index (χ4n) is 6.57. The summed E-state index contributed by atoms with van der Waals surface area (Å²) in [7, 11) is 0. The van der Waals surface area contributed by atoms with Crippen molar-refractivity contribution in [1.82, 2.24) is 9.97 Å². The van der Waals surface area contributed by atoms with Gasteiger partial charge in [0, 0.05) is 5.92 Å². The van der Waals surface area contributed by atoms with Crippen LogP contribution in [0.5, 0.6) is 0 Å². The van der Waals surface area contributed by atoms with E-state index in [2.05, 4.69) is 61.3 Å². The van der Waals surface area contributed by atoms with Gasteiger partial charge in [0.1, 0.15) is 5.82 Å². The standard InChI is InChI=1S/C29H32N2/c1-19-5-7-23(17-19)28-30-18-26(31-28)22-10-8-21(9-11-22)25-12-6-20(2)24-13-16-29(27(24)25)14-3-4-15-29/h6,8-12,17-18,23H,3-5,7,13-16H2,1-2H3,(H,30,31)/t23-/m0/s1. The molecule has 0 bridgehead atoms. The van der Waals surface area contributed by atoms with Gasteiger partial charge in [0.25, 0.3) is 0 Å². The van der Waals surface area contributed by atoms with E-state index in [1.165, 1.54) is 79.2 Å². The van der Waals surface area contributed by atoms with E-state index in [1.807, 2.05) is 6.20 Å². The molecule has 158 valence electrons. The van der Waals surface area contributed by atoms with E-state index >= 15 is 0 Å². The first-order valence-electron chi connectivity index (χ1n) is 12.1. The number of H-pyrrole nitrogens is 1. The molecule has 2 heteroatoms. The third-order valence-corrected chi connectivity index (χ3v) is 8.28. The number of aromatic nitrogens is 2. The van der Waals surface area contributed by atoms with Gasteiger partial charge in [-0.1, -0.05) is 60.9 Å². The summed E-state index contributed by atoms with van der Waals surface area (Å²) in [4.78, 5) is 8.28. The molecule has 31 heavy (non-hydrogen) atoms. The van der Waals surface area contributed by atoms with Gasteiger partial charge in [-0.3, -0.25) is 0 Å². The first-order chi connectivity index (χ1) is 15.1. The van der Waals surface area contributed by atoms with Crippen molar-refractivity contribution in [2.75, 3.05) is 0 Å². The van der Waals surface area contributed by atoms with Crippen LogP contribution in [-0.4, -0.2) is 9.97 Å². The summed E-state index contributed by atoms with van der Waals surface area (Å²) >= 11 is 0. The van der Waals surface area contributed by atoms with Crippen LogP contribution in [0.1, 0.15) is 80.3 Å². The van der Waals surface area contributed by atoms with Crippen molar-refractivity contribution in [2.24, 2.45) is 0 Å². The van der Waals surface area contributed by atoms with Crippen LogP contribution in [0.25, 0.3) is 22.4 Å². The second-order valence-electron chi connectivity index (χ2n) is 10.2. The van der Waals surface area contributed by atoms with Crippen LogP contribution in [0.4, 0.5) is 0 Å². The predicted octanol–water partition coefficient (Wildman–Crippen LogP) is 7.63. The molecule has 0 saturated heterocycles. The van der Waals surface area contributed by atoms with E-state index in [9.17, 15) is 0 Å². The summed E-state index contributed by atoms with van der Waals surface area (Å²) in [6.07, 6.45) is 14.9. The van der Waals surface area contributed by atoms with E-state index in [4.69, 9.17) is 4.98 Å². The Balaban J connectivity index is 1.34. The van der Waals surface area contributed by atoms with E-state index in [1.54, 1.807) is 11.1 Å². The van der Waals surface area contributed by atoms with Gasteiger partial charge in [-0.2, -0.15) is 0 Å². The molecule has 1 heterocycles. The number of fused-ring (bicyclic) bond motifs is 2. The molecule has 2 aromatic carbocycles. The number of nitrogens with one attached hydrogen (secondary N) is 1. The number of aromatic amines is 1. The van der Waals surface area contributed by atoms with E-state index in [0.29, 0.717) is 11.3 Å². The molecular formula is C29H32N2. The van der Waals surface area contributed by atoms with Crippen molar-refractivity contribution in [1.29, 1.82) is 0 Å². The number of hydrogen-bond acceptors (Lipinski definition) is 1. The lowest BCUT2D eigenvalue weighted by Gasteiger charge is -2.27. The summed E-state index contributed by atoms with van der Waals surface area (Å²) in [5.41, 5.74) is 11.9. The van der Waals surface area contributed by atoms with Crippen LogP contribution in [0, 0.1) is 6.92 Å². The highest BCUT2D eigenvalue weighted by Crippen LogP contribution is 2.54. The van der Waals surface area contributed by atoms with Gasteiger partial charge in [0.2, 0.25) is 0 Å². The van der Waals surface area contributed by atoms with Crippen molar-refractivity contribution in [3.8, 4) is 22.4 Å². The molecule has 2 nitrogen and oxygen atoms in total. The van der Waals surface area contributed by atoms with Crippen LogP contribution in [-0.2, 0) is 11.8 Å². The van der Waals surface area contributed by atoms with Gasteiger partial charge in [-0.25, -0.2) is 4.98 Å². The Bertz CT molecular complexity index is 1160. The molecule has 1 aromatic heterocycles. The second-order valence-corrected chi connectivity index (χ2v) is 10.2. The summed E-state index contributed by atoms with van der Waals surface area (Å²) in [6.45, 7) is 4.52. The first kappa shape index (κ1) is 19.1. The maximum atomic E-state index is 4.69. The van der Waals surface area contributed by atoms with Crippen LogP contribution in [0.3, 0.4) is 0 Å². The molecule has 1 fully saturated rings. The SMILES string of the molecule is CC1=C[C@@H](c2ncc(-c3ccc(-c4ccc(C)c5c4C4(CCCC4)CC5)cc3)[nH]2)CC1. The minimum atomic E-state index is 0.445. The van der Waals surface area contributed by atoms with Crippen molar-refractivity contribution >= 4 is 0 Å². The number of nitrogens with zero attached hydrogens (tertiary/aromatic N) is 1. The van der Waals surface area contributed by atoms with Gasteiger partial charge in [-0.15, -0.1) is 0 Å². The molecule has 3 aliphatic carbocycles. The predicted molar refractivity (Wildman–Crippen MR) is 128 cm³/mol. The molecule has 6 rings (SSSR count). The highest BCUT2D eigenvalue weighted by molar-refractivity contribution is 5.75. The Morgan fingerprint density at radius 3 is 2.42 bits per heavy atom. The molecule has 0 aliphatic heterocycles. The number of allylic oxidation sites excluding steroid dienone is 2. The molecule has 1 saturated carbocycles. The van der Waals surface area contributed by atoms with Crippen LogP contribution in [0.2, 0.25) is 0 Å². The Morgan fingerprint density at radius 2 is 1.68 bits per heavy atom. The maximum Gasteiger partial charge on any atom is 0.113 e. The Morgan fingerprint density at radius 1 is 0.903 bits per heavy atom. The molecule has 0 amide bonds. The minimum Gasteiger partial charge on any atom is -0.342 e. The maximum absolute atomic E-state index is 4.69. The monoisotopic (exact) mass is 408 g/mol. The number of aryl methyl sites for hydroxylation is 1. The van der Waals surface area contributed by atoms with Gasteiger partial charge in [-0.05, 0) is 91.2 Å². The molecule has 3 aliphatic rings. The van der Waals surface area contributed by atoms with Crippen LogP contribution < -0.4 is 0 Å². The molecule has 1 N–H and O–H groups in total. The zero-order valence-corrected chi connectivity index (χ0v) is 18.8. The molecule has 1 atom stereocenters. The number of benzene rings is 2. The average molecular weight is 409 g/mol. The molecule has 0 unspecified atom stereocenters. The summed E-state index contributed by atoms with van der Waals surface area (Å²) in [6, 6.07) is 13.9. The average Bonchev–Trinajstić information content (AvgIpc) is 3.58. The lowest BCUT2D eigenvalue weighted by molar-refractivity contribution is 0.440. The van der Waals surface area contributed by atoms with Gasteiger partial charge in [0.15, 0.2) is 0 Å². The third kappa shape index (κ3) is 3.11. The number of imidazole rings is 1. The lowest BCUT2D eigenvalue weighted by atomic mass is 9.76. The van der Waals surface area contributed by atoms with E-state index in [-0.39, 0.29) is 0 Å². The largest absolute Gasteiger partial charge is 0.342 e. The van der Waals surface area contributed by atoms with Gasteiger partial charge < -0.3 is 4.98 Å². The zero-order valence-electron chi connectivity index (χ0n) is 18.8.